The van der Waals surface area contributed by atoms with Crippen LogP contribution >= 0.6 is 0 Å². The van der Waals surface area contributed by atoms with Gasteiger partial charge in [-0.1, -0.05) is 41.6 Å². The molecule has 1 heterocycles. The Morgan fingerprint density at radius 1 is 1.07 bits per heavy atom. The molecule has 30 heavy (non-hydrogen) atoms. The lowest BCUT2D eigenvalue weighted by molar-refractivity contribution is -0.117. The number of methoxy groups -OCH3 is 2. The molecule has 0 aliphatic rings. The molecule has 152 valence electrons. The number of aromatic nitrogens is 4. The van der Waals surface area contributed by atoms with Crippen LogP contribution in [0.2, 0.25) is 0 Å². The smallest absolute Gasteiger partial charge is 0.235 e. The molecule has 3 aromatic carbocycles. The normalized spacial score (nSPS) is 11.8. The zero-order valence-corrected chi connectivity index (χ0v) is 16.6. The molecule has 0 spiro atoms. The fraction of sp³-hybridized carbons (Fsp3) is 0.182. The highest BCUT2D eigenvalue weighted by Gasteiger charge is 2.27. The van der Waals surface area contributed by atoms with Gasteiger partial charge in [-0.05, 0) is 41.6 Å². The van der Waals surface area contributed by atoms with E-state index in [0.717, 1.165) is 22.0 Å². The Morgan fingerprint density at radius 2 is 1.90 bits per heavy atom. The number of aromatic amines is 1. The molecule has 4 aromatic rings. The van der Waals surface area contributed by atoms with E-state index in [1.165, 1.54) is 0 Å². The average molecular weight is 403 g/mol. The van der Waals surface area contributed by atoms with Crippen molar-refractivity contribution >= 4 is 22.4 Å². The summed E-state index contributed by atoms with van der Waals surface area (Å²) in [6.45, 7) is 0. The lowest BCUT2D eigenvalue weighted by Crippen LogP contribution is -2.24. The summed E-state index contributed by atoms with van der Waals surface area (Å²) in [7, 11) is 3.18. The number of hydrogen-bond donors (Lipinski definition) is 2. The minimum Gasteiger partial charge on any atom is -0.497 e. The quantitative estimate of drug-likeness (QED) is 0.491. The van der Waals surface area contributed by atoms with Crippen LogP contribution < -0.4 is 14.8 Å². The third kappa shape index (κ3) is 3.93. The van der Waals surface area contributed by atoms with Gasteiger partial charge in [0, 0.05) is 11.1 Å². The Labute approximate surface area is 173 Å². The molecule has 0 radical (unpaired) electrons. The Balaban J connectivity index is 1.67. The molecule has 1 amide bonds. The number of carbonyl (C=O) groups is 1. The summed E-state index contributed by atoms with van der Waals surface area (Å²) in [5, 5.41) is 19.2. The van der Waals surface area contributed by atoms with Crippen molar-refractivity contribution < 1.29 is 14.3 Å². The largest absolute Gasteiger partial charge is 0.497 e. The highest BCUT2D eigenvalue weighted by atomic mass is 16.5. The van der Waals surface area contributed by atoms with Gasteiger partial charge in [0.1, 0.15) is 17.4 Å². The first kappa shape index (κ1) is 19.4. The van der Waals surface area contributed by atoms with E-state index in [1.54, 1.807) is 14.2 Å². The van der Waals surface area contributed by atoms with Crippen molar-refractivity contribution in [2.24, 2.45) is 0 Å². The first-order chi connectivity index (χ1) is 14.7. The van der Waals surface area contributed by atoms with Crippen molar-refractivity contribution in [1.29, 1.82) is 0 Å². The van der Waals surface area contributed by atoms with Crippen LogP contribution in [0.5, 0.6) is 11.5 Å². The van der Waals surface area contributed by atoms with Gasteiger partial charge in [-0.2, -0.15) is 5.21 Å². The van der Waals surface area contributed by atoms with Crippen molar-refractivity contribution in [1.82, 2.24) is 20.6 Å². The van der Waals surface area contributed by atoms with Crippen molar-refractivity contribution in [3.8, 4) is 11.5 Å². The van der Waals surface area contributed by atoms with Gasteiger partial charge in [0.05, 0.1) is 14.2 Å². The van der Waals surface area contributed by atoms with Gasteiger partial charge < -0.3 is 14.8 Å². The standard InChI is InChI=1S/C22H21N5O3/c1-29-16-10-11-20(30-2)15(12-16)13-18(21-24-26-27-25-21)22(28)23-19-9-5-7-14-6-3-4-8-17(14)19/h3-12,18H,13H2,1-2H3,(H,23,28)(H,24,25,26,27)/t18-/m0/s1. The summed E-state index contributed by atoms with van der Waals surface area (Å²) < 4.78 is 10.8. The van der Waals surface area contributed by atoms with E-state index in [1.807, 2.05) is 60.7 Å². The average Bonchev–Trinajstić information content (AvgIpc) is 3.32. The lowest BCUT2D eigenvalue weighted by atomic mass is 9.96. The van der Waals surface area contributed by atoms with Crippen molar-refractivity contribution in [2.75, 3.05) is 19.5 Å². The molecule has 2 N–H and O–H groups in total. The summed E-state index contributed by atoms with van der Waals surface area (Å²) in [5.74, 6) is 0.716. The van der Waals surface area contributed by atoms with E-state index in [-0.39, 0.29) is 5.91 Å². The number of H-pyrrole nitrogens is 1. The number of hydrogen-bond acceptors (Lipinski definition) is 6. The van der Waals surface area contributed by atoms with Crippen LogP contribution in [0, 0.1) is 0 Å². The summed E-state index contributed by atoms with van der Waals surface area (Å²) >= 11 is 0. The minimum atomic E-state index is -0.677. The second-order valence-corrected chi connectivity index (χ2v) is 6.72. The fourth-order valence-corrected chi connectivity index (χ4v) is 3.43. The number of ether oxygens (including phenoxy) is 2. The maximum absolute atomic E-state index is 13.3. The zero-order chi connectivity index (χ0) is 20.9. The Morgan fingerprint density at radius 3 is 2.67 bits per heavy atom. The predicted molar refractivity (Wildman–Crippen MR) is 113 cm³/mol. The molecular formula is C22H21N5O3. The Hall–Kier alpha value is -3.94. The number of amides is 1. The minimum absolute atomic E-state index is 0.238. The Kier molecular flexibility index (Phi) is 5.56. The molecule has 8 heteroatoms. The third-order valence-corrected chi connectivity index (χ3v) is 4.95. The molecule has 1 aromatic heterocycles. The molecule has 0 unspecified atom stereocenters. The van der Waals surface area contributed by atoms with E-state index < -0.39 is 5.92 Å². The predicted octanol–water partition coefficient (Wildman–Crippen LogP) is 3.34. The number of nitrogens with one attached hydrogen (secondary N) is 2. The van der Waals surface area contributed by atoms with Crippen molar-refractivity contribution in [3.63, 3.8) is 0 Å². The Bertz CT molecular complexity index is 1160. The van der Waals surface area contributed by atoms with Crippen molar-refractivity contribution in [2.45, 2.75) is 12.3 Å². The van der Waals surface area contributed by atoms with E-state index in [4.69, 9.17) is 9.47 Å². The van der Waals surface area contributed by atoms with Gasteiger partial charge in [-0.25, -0.2) is 0 Å². The van der Waals surface area contributed by atoms with Gasteiger partial charge in [0.15, 0.2) is 5.82 Å². The fourth-order valence-electron chi connectivity index (χ4n) is 3.43. The van der Waals surface area contributed by atoms with E-state index in [9.17, 15) is 4.79 Å². The van der Waals surface area contributed by atoms with Gasteiger partial charge >= 0.3 is 0 Å². The summed E-state index contributed by atoms with van der Waals surface area (Å²) in [6, 6.07) is 19.1. The zero-order valence-electron chi connectivity index (χ0n) is 16.6. The number of anilines is 1. The number of nitrogens with zero attached hydrogens (tertiary/aromatic N) is 3. The molecule has 0 fully saturated rings. The van der Waals surface area contributed by atoms with Crippen LogP contribution in [0.25, 0.3) is 10.8 Å². The third-order valence-electron chi connectivity index (χ3n) is 4.95. The number of fused-ring (bicyclic) bond motifs is 1. The molecule has 0 aliphatic carbocycles. The van der Waals surface area contributed by atoms with E-state index in [0.29, 0.717) is 23.7 Å². The number of rotatable bonds is 7. The van der Waals surface area contributed by atoms with Gasteiger partial charge in [-0.3, -0.25) is 4.79 Å². The molecule has 0 saturated carbocycles. The van der Waals surface area contributed by atoms with E-state index in [2.05, 4.69) is 25.9 Å². The second kappa shape index (κ2) is 8.60. The molecular weight excluding hydrogens is 382 g/mol. The highest BCUT2D eigenvalue weighted by Crippen LogP contribution is 2.30. The van der Waals surface area contributed by atoms with Crippen LogP contribution in [0.1, 0.15) is 17.3 Å². The monoisotopic (exact) mass is 403 g/mol. The number of benzene rings is 3. The summed E-state index contributed by atoms with van der Waals surface area (Å²) in [4.78, 5) is 13.3. The second-order valence-electron chi connectivity index (χ2n) is 6.72. The first-order valence-corrected chi connectivity index (χ1v) is 9.42. The van der Waals surface area contributed by atoms with Crippen LogP contribution in [0.15, 0.2) is 60.7 Å². The molecule has 4 rings (SSSR count). The van der Waals surface area contributed by atoms with Gasteiger partial charge in [0.25, 0.3) is 0 Å². The molecule has 0 aliphatic heterocycles. The number of tetrazole rings is 1. The summed E-state index contributed by atoms with van der Waals surface area (Å²) in [5.41, 5.74) is 1.53. The first-order valence-electron chi connectivity index (χ1n) is 9.42. The van der Waals surface area contributed by atoms with Crippen LogP contribution in [0.3, 0.4) is 0 Å². The van der Waals surface area contributed by atoms with Crippen molar-refractivity contribution in [3.05, 3.63) is 72.1 Å². The van der Waals surface area contributed by atoms with Crippen LogP contribution in [0.4, 0.5) is 5.69 Å². The van der Waals surface area contributed by atoms with Crippen LogP contribution in [-0.4, -0.2) is 40.8 Å². The lowest BCUT2D eigenvalue weighted by Gasteiger charge is -2.17. The number of carbonyl (C=O) groups excluding carboxylic acids is 1. The molecule has 0 saturated heterocycles. The maximum atomic E-state index is 13.3. The topological polar surface area (TPSA) is 102 Å². The molecule has 8 nitrogen and oxygen atoms in total. The SMILES string of the molecule is COc1ccc(OC)c(C[C@H](C(=O)Nc2cccc3ccccc23)c2nn[nH]n2)c1. The molecule has 1 atom stereocenters. The molecule has 0 bridgehead atoms. The maximum Gasteiger partial charge on any atom is 0.235 e. The van der Waals surface area contributed by atoms with Gasteiger partial charge in [0.2, 0.25) is 5.91 Å². The highest BCUT2D eigenvalue weighted by molar-refractivity contribution is 6.04. The van der Waals surface area contributed by atoms with Gasteiger partial charge in [-0.15, -0.1) is 10.2 Å². The van der Waals surface area contributed by atoms with Crippen LogP contribution in [-0.2, 0) is 11.2 Å². The summed E-state index contributed by atoms with van der Waals surface area (Å²) in [6.07, 6.45) is 0.316. The van der Waals surface area contributed by atoms with E-state index >= 15 is 0 Å².